The first-order chi connectivity index (χ1) is 13.0. The Morgan fingerprint density at radius 1 is 1.26 bits per heavy atom. The van der Waals surface area contributed by atoms with E-state index in [9.17, 15) is 10.1 Å². The summed E-state index contributed by atoms with van der Waals surface area (Å²) >= 11 is 1.32. The molecule has 0 fully saturated rings. The number of anilines is 1. The molecule has 1 atom stereocenters. The highest BCUT2D eigenvalue weighted by Gasteiger charge is 2.21. The van der Waals surface area contributed by atoms with Gasteiger partial charge in [-0.05, 0) is 26.8 Å². The molecule has 0 aliphatic carbocycles. The average Bonchev–Trinajstić information content (AvgIpc) is 2.95. The molecule has 0 spiro atoms. The molecule has 27 heavy (non-hydrogen) atoms. The van der Waals surface area contributed by atoms with Gasteiger partial charge in [-0.1, -0.05) is 42.1 Å². The van der Waals surface area contributed by atoms with E-state index in [-0.39, 0.29) is 11.8 Å². The fourth-order valence-corrected chi connectivity index (χ4v) is 3.28. The van der Waals surface area contributed by atoms with E-state index in [1.54, 1.807) is 20.8 Å². The van der Waals surface area contributed by atoms with Gasteiger partial charge in [0.25, 0.3) is 0 Å². The molecule has 0 aliphatic heterocycles. The van der Waals surface area contributed by atoms with E-state index in [2.05, 4.69) is 21.4 Å². The first kappa shape index (κ1) is 18.7. The van der Waals surface area contributed by atoms with Crippen molar-refractivity contribution in [2.24, 2.45) is 0 Å². The molecule has 1 aromatic carbocycles. The molecule has 136 valence electrons. The van der Waals surface area contributed by atoms with E-state index in [0.29, 0.717) is 16.3 Å². The van der Waals surface area contributed by atoms with Crippen LogP contribution in [0, 0.1) is 25.2 Å². The Labute approximate surface area is 161 Å². The number of hydrogen-bond acceptors (Lipinski definition) is 6. The Morgan fingerprint density at radius 2 is 2.00 bits per heavy atom. The third-order valence-corrected chi connectivity index (χ3v) is 5.14. The minimum atomic E-state index is -0.430. The van der Waals surface area contributed by atoms with Gasteiger partial charge < -0.3 is 4.42 Å². The van der Waals surface area contributed by atoms with Crippen molar-refractivity contribution in [3.63, 3.8) is 0 Å². The zero-order chi connectivity index (χ0) is 19.4. The van der Waals surface area contributed by atoms with Crippen molar-refractivity contribution in [1.29, 1.82) is 5.26 Å². The second-order valence-electron chi connectivity index (χ2n) is 5.96. The van der Waals surface area contributed by atoms with Crippen LogP contribution in [0.4, 0.5) is 5.88 Å². The van der Waals surface area contributed by atoms with Crippen molar-refractivity contribution in [3.05, 3.63) is 59.6 Å². The number of nitrogens with one attached hydrogen (secondary N) is 1. The molecule has 0 aliphatic rings. The van der Waals surface area contributed by atoms with Crippen LogP contribution < -0.4 is 5.32 Å². The Morgan fingerprint density at radius 3 is 2.70 bits per heavy atom. The minimum Gasteiger partial charge on any atom is -0.444 e. The normalized spacial score (nSPS) is 11.6. The molecule has 3 aromatic rings. The summed E-state index contributed by atoms with van der Waals surface area (Å²) in [6.07, 6.45) is 1.49. The van der Waals surface area contributed by atoms with Crippen LogP contribution in [0.15, 0.2) is 52.2 Å². The van der Waals surface area contributed by atoms with E-state index >= 15 is 0 Å². The van der Waals surface area contributed by atoms with Gasteiger partial charge in [0.05, 0.1) is 10.9 Å². The monoisotopic (exact) mass is 378 g/mol. The molecule has 1 unspecified atom stereocenters. The Bertz CT molecular complexity index is 1010. The first-order valence-corrected chi connectivity index (χ1v) is 9.22. The second-order valence-corrected chi connectivity index (χ2v) is 7.32. The van der Waals surface area contributed by atoms with Crippen molar-refractivity contribution in [3.8, 4) is 17.3 Å². The fourth-order valence-electron chi connectivity index (χ4n) is 2.47. The van der Waals surface area contributed by atoms with Gasteiger partial charge in [0, 0.05) is 11.1 Å². The summed E-state index contributed by atoms with van der Waals surface area (Å²) in [5, 5.41) is 12.2. The van der Waals surface area contributed by atoms with Crippen molar-refractivity contribution in [2.75, 3.05) is 5.32 Å². The number of aromatic nitrogens is 2. The maximum absolute atomic E-state index is 12.5. The number of nitriles is 1. The number of nitrogens with zero attached hydrogens (tertiary/aromatic N) is 3. The van der Waals surface area contributed by atoms with Gasteiger partial charge in [-0.25, -0.2) is 9.97 Å². The molecule has 1 N–H and O–H groups in total. The number of thioether (sulfide) groups is 1. The molecule has 3 rings (SSSR count). The van der Waals surface area contributed by atoms with Crippen molar-refractivity contribution in [2.45, 2.75) is 31.0 Å². The van der Waals surface area contributed by atoms with Gasteiger partial charge in [0.15, 0.2) is 0 Å². The minimum absolute atomic E-state index is 0.192. The van der Waals surface area contributed by atoms with E-state index < -0.39 is 5.25 Å². The summed E-state index contributed by atoms with van der Waals surface area (Å²) in [5.41, 5.74) is 2.87. The number of benzene rings is 1. The number of amides is 1. The summed E-state index contributed by atoms with van der Waals surface area (Å²) in [7, 11) is 0. The summed E-state index contributed by atoms with van der Waals surface area (Å²) in [5.74, 6) is 0.549. The maximum Gasteiger partial charge on any atom is 0.239 e. The van der Waals surface area contributed by atoms with Crippen LogP contribution in [-0.2, 0) is 4.79 Å². The topological polar surface area (TPSA) is 91.8 Å². The van der Waals surface area contributed by atoms with Crippen molar-refractivity contribution < 1.29 is 9.21 Å². The molecule has 0 saturated heterocycles. The van der Waals surface area contributed by atoms with Crippen LogP contribution in [0.25, 0.3) is 11.3 Å². The second kappa shape index (κ2) is 8.06. The molecule has 7 heteroatoms. The summed E-state index contributed by atoms with van der Waals surface area (Å²) in [4.78, 5) is 21.0. The van der Waals surface area contributed by atoms with Crippen LogP contribution in [-0.4, -0.2) is 21.1 Å². The molecule has 0 bridgehead atoms. The van der Waals surface area contributed by atoms with Crippen LogP contribution in [0.1, 0.15) is 23.8 Å². The summed E-state index contributed by atoms with van der Waals surface area (Å²) in [6, 6.07) is 13.7. The molecule has 2 heterocycles. The number of hydrogen-bond donors (Lipinski definition) is 1. The predicted molar refractivity (Wildman–Crippen MR) is 104 cm³/mol. The van der Waals surface area contributed by atoms with E-state index in [0.717, 1.165) is 16.8 Å². The Balaban J connectivity index is 1.72. The molecular weight excluding hydrogens is 360 g/mol. The summed E-state index contributed by atoms with van der Waals surface area (Å²) < 4.78 is 5.49. The lowest BCUT2D eigenvalue weighted by atomic mass is 10.1. The van der Waals surface area contributed by atoms with Gasteiger partial charge in [0.2, 0.25) is 11.8 Å². The maximum atomic E-state index is 12.5. The molecule has 0 saturated carbocycles. The molecular formula is C20H18N4O2S. The number of furan rings is 1. The van der Waals surface area contributed by atoms with Crippen LogP contribution in [0.5, 0.6) is 0 Å². The molecule has 1 amide bonds. The van der Waals surface area contributed by atoms with Crippen LogP contribution in [0.3, 0.4) is 0 Å². The highest BCUT2D eigenvalue weighted by molar-refractivity contribution is 8.00. The number of rotatable bonds is 5. The van der Waals surface area contributed by atoms with Crippen LogP contribution in [0.2, 0.25) is 0 Å². The average molecular weight is 378 g/mol. The van der Waals surface area contributed by atoms with E-state index in [4.69, 9.17) is 4.42 Å². The van der Waals surface area contributed by atoms with Crippen molar-refractivity contribution >= 4 is 23.6 Å². The lowest BCUT2D eigenvalue weighted by molar-refractivity contribution is -0.115. The van der Waals surface area contributed by atoms with Gasteiger partial charge in [-0.2, -0.15) is 5.26 Å². The third-order valence-electron chi connectivity index (χ3n) is 4.11. The number of carbonyl (C=O) groups is 1. The highest BCUT2D eigenvalue weighted by Crippen LogP contribution is 2.28. The van der Waals surface area contributed by atoms with Gasteiger partial charge in [0.1, 0.15) is 28.7 Å². The zero-order valence-electron chi connectivity index (χ0n) is 15.2. The largest absolute Gasteiger partial charge is 0.444 e. The molecule has 0 radical (unpaired) electrons. The third kappa shape index (κ3) is 4.18. The van der Waals surface area contributed by atoms with Gasteiger partial charge in [-0.3, -0.25) is 10.1 Å². The highest BCUT2D eigenvalue weighted by atomic mass is 32.2. The summed E-state index contributed by atoms with van der Waals surface area (Å²) in [6.45, 7) is 5.33. The SMILES string of the molecule is Cc1oc(NC(=O)C(C)Sc2cc(-c3ccccc3)ncn2)c(C#N)c1C. The smallest absolute Gasteiger partial charge is 0.239 e. The Hall–Kier alpha value is -3.11. The first-order valence-electron chi connectivity index (χ1n) is 8.34. The van der Waals surface area contributed by atoms with E-state index in [1.807, 2.05) is 36.4 Å². The number of carbonyl (C=O) groups excluding carboxylic acids is 1. The fraction of sp³-hybridized carbons (Fsp3) is 0.200. The number of aryl methyl sites for hydroxylation is 1. The van der Waals surface area contributed by atoms with E-state index in [1.165, 1.54) is 18.1 Å². The van der Waals surface area contributed by atoms with Crippen LogP contribution >= 0.6 is 11.8 Å². The lowest BCUT2D eigenvalue weighted by Gasteiger charge is -2.11. The zero-order valence-corrected chi connectivity index (χ0v) is 16.0. The van der Waals surface area contributed by atoms with Gasteiger partial charge >= 0.3 is 0 Å². The predicted octanol–water partition coefficient (Wildman–Crippen LogP) is 4.34. The molecule has 6 nitrogen and oxygen atoms in total. The molecule has 2 aromatic heterocycles. The van der Waals surface area contributed by atoms with Gasteiger partial charge in [-0.15, -0.1) is 0 Å². The Kier molecular flexibility index (Phi) is 5.57. The lowest BCUT2D eigenvalue weighted by Crippen LogP contribution is -2.22. The quantitative estimate of drug-likeness (QED) is 0.524. The standard InChI is InChI=1S/C20H18N4O2S/c1-12-13(2)26-20(16(12)10-21)24-19(25)14(3)27-18-9-17(22-11-23-18)15-7-5-4-6-8-15/h4-9,11,14H,1-3H3,(H,24,25). The van der Waals surface area contributed by atoms with Crippen molar-refractivity contribution in [1.82, 2.24) is 9.97 Å².